The van der Waals surface area contributed by atoms with E-state index < -0.39 is 0 Å². The Bertz CT molecular complexity index is 577. The zero-order valence-corrected chi connectivity index (χ0v) is 11.0. The Morgan fingerprint density at radius 3 is 2.89 bits per heavy atom. The topological polar surface area (TPSA) is 29.9 Å². The molecular formula is C16H19N3. The third-order valence-electron chi connectivity index (χ3n) is 4.25. The summed E-state index contributed by atoms with van der Waals surface area (Å²) in [4.78, 5) is 0. The van der Waals surface area contributed by atoms with Crippen LogP contribution in [0, 0.1) is 0 Å². The van der Waals surface area contributed by atoms with Gasteiger partial charge in [0.05, 0.1) is 5.69 Å². The summed E-state index contributed by atoms with van der Waals surface area (Å²) in [5.41, 5.74) is 3.97. The van der Waals surface area contributed by atoms with E-state index in [1.54, 1.807) is 0 Å². The van der Waals surface area contributed by atoms with Crippen LogP contribution in [0.4, 0.5) is 0 Å². The smallest absolute Gasteiger partial charge is 0.0652 e. The molecule has 0 bridgehead atoms. The van der Waals surface area contributed by atoms with Crippen LogP contribution in [0.3, 0.4) is 0 Å². The van der Waals surface area contributed by atoms with Crippen molar-refractivity contribution >= 4 is 0 Å². The van der Waals surface area contributed by atoms with Crippen molar-refractivity contribution in [2.45, 2.75) is 37.6 Å². The van der Waals surface area contributed by atoms with E-state index >= 15 is 0 Å². The Hall–Kier alpha value is -1.61. The third kappa shape index (κ3) is 2.08. The van der Waals surface area contributed by atoms with Gasteiger partial charge >= 0.3 is 0 Å². The van der Waals surface area contributed by atoms with Gasteiger partial charge in [-0.05, 0) is 56.0 Å². The molecule has 2 aromatic rings. The second-order valence-corrected chi connectivity index (χ2v) is 5.69. The highest BCUT2D eigenvalue weighted by molar-refractivity contribution is 5.39. The van der Waals surface area contributed by atoms with E-state index in [1.165, 1.54) is 42.6 Å². The van der Waals surface area contributed by atoms with Crippen molar-refractivity contribution in [3.63, 3.8) is 0 Å². The van der Waals surface area contributed by atoms with Crippen LogP contribution in [0.25, 0.3) is 5.69 Å². The molecule has 0 amide bonds. The largest absolute Gasteiger partial charge is 0.310 e. The third-order valence-corrected chi connectivity index (χ3v) is 4.25. The molecule has 1 aromatic heterocycles. The van der Waals surface area contributed by atoms with Gasteiger partial charge in [-0.2, -0.15) is 5.10 Å². The highest BCUT2D eigenvalue weighted by Gasteiger charge is 2.27. The summed E-state index contributed by atoms with van der Waals surface area (Å²) in [6.45, 7) is 1.14. The van der Waals surface area contributed by atoms with E-state index in [-0.39, 0.29) is 0 Å². The fourth-order valence-electron chi connectivity index (χ4n) is 3.06. The highest BCUT2D eigenvalue weighted by atomic mass is 15.3. The minimum atomic E-state index is 0.528. The van der Waals surface area contributed by atoms with Crippen molar-refractivity contribution in [3.05, 3.63) is 47.8 Å². The zero-order chi connectivity index (χ0) is 12.7. The van der Waals surface area contributed by atoms with Gasteiger partial charge in [0.25, 0.3) is 0 Å². The number of nitrogens with zero attached hydrogens (tertiary/aromatic N) is 2. The van der Waals surface area contributed by atoms with Gasteiger partial charge in [0, 0.05) is 23.9 Å². The van der Waals surface area contributed by atoms with E-state index in [2.05, 4.69) is 45.4 Å². The van der Waals surface area contributed by atoms with Gasteiger partial charge in [0.1, 0.15) is 0 Å². The molecule has 1 N–H and O–H groups in total. The first-order chi connectivity index (χ1) is 9.42. The van der Waals surface area contributed by atoms with Gasteiger partial charge in [0.15, 0.2) is 0 Å². The van der Waals surface area contributed by atoms with Crippen molar-refractivity contribution in [1.82, 2.24) is 15.1 Å². The monoisotopic (exact) mass is 253 g/mol. The normalized spacial score (nSPS) is 22.8. The summed E-state index contributed by atoms with van der Waals surface area (Å²) in [5.74, 6) is 0.732. The molecule has 1 saturated carbocycles. The van der Waals surface area contributed by atoms with Crippen molar-refractivity contribution in [3.8, 4) is 5.69 Å². The molecule has 98 valence electrons. The van der Waals surface area contributed by atoms with Gasteiger partial charge in [-0.15, -0.1) is 0 Å². The Kier molecular flexibility index (Phi) is 2.66. The summed E-state index contributed by atoms with van der Waals surface area (Å²) < 4.78 is 2.12. The number of hydrogen-bond acceptors (Lipinski definition) is 2. The second-order valence-electron chi connectivity index (χ2n) is 5.69. The first kappa shape index (κ1) is 11.2. The first-order valence-electron chi connectivity index (χ1n) is 7.29. The summed E-state index contributed by atoms with van der Waals surface area (Å²) in [6.07, 6.45) is 7.08. The molecule has 1 unspecified atom stereocenters. The van der Waals surface area contributed by atoms with Crippen LogP contribution in [-0.4, -0.2) is 16.3 Å². The Balaban J connectivity index is 1.70. The SMILES string of the molecule is c1cc(C2CCCN2)cc(-n2nccc2C2CC2)c1. The fourth-order valence-corrected chi connectivity index (χ4v) is 3.06. The minimum Gasteiger partial charge on any atom is -0.310 e. The summed E-state index contributed by atoms with van der Waals surface area (Å²) in [5, 5.41) is 8.08. The molecule has 1 saturated heterocycles. The highest BCUT2D eigenvalue weighted by Crippen LogP contribution is 2.40. The van der Waals surface area contributed by atoms with E-state index in [0.29, 0.717) is 6.04 Å². The van der Waals surface area contributed by atoms with Crippen LogP contribution in [-0.2, 0) is 0 Å². The molecule has 4 rings (SSSR count). The first-order valence-corrected chi connectivity index (χ1v) is 7.29. The number of rotatable bonds is 3. The number of hydrogen-bond donors (Lipinski definition) is 1. The lowest BCUT2D eigenvalue weighted by atomic mass is 10.0. The zero-order valence-electron chi connectivity index (χ0n) is 11.0. The average molecular weight is 253 g/mol. The molecule has 19 heavy (non-hydrogen) atoms. The predicted molar refractivity (Wildman–Crippen MR) is 75.5 cm³/mol. The van der Waals surface area contributed by atoms with Crippen molar-refractivity contribution in [2.24, 2.45) is 0 Å². The molecule has 1 atom stereocenters. The number of aromatic nitrogens is 2. The lowest BCUT2D eigenvalue weighted by Gasteiger charge is -2.13. The fraction of sp³-hybridized carbons (Fsp3) is 0.438. The maximum Gasteiger partial charge on any atom is 0.0652 e. The maximum absolute atomic E-state index is 4.51. The van der Waals surface area contributed by atoms with Gasteiger partial charge < -0.3 is 5.32 Å². The number of nitrogens with one attached hydrogen (secondary N) is 1. The van der Waals surface area contributed by atoms with E-state index in [0.717, 1.165) is 12.5 Å². The molecule has 1 aliphatic carbocycles. The van der Waals surface area contributed by atoms with Crippen molar-refractivity contribution in [2.75, 3.05) is 6.54 Å². The Morgan fingerprint density at radius 2 is 2.11 bits per heavy atom. The standard InChI is InChI=1S/C16H19N3/c1-3-13(15-5-2-9-17-15)11-14(4-1)19-16(8-10-18-19)12-6-7-12/h1,3-4,8,10-12,15,17H,2,5-7,9H2. The van der Waals surface area contributed by atoms with Crippen molar-refractivity contribution in [1.29, 1.82) is 0 Å². The van der Waals surface area contributed by atoms with Crippen molar-refractivity contribution < 1.29 is 0 Å². The van der Waals surface area contributed by atoms with Crippen LogP contribution >= 0.6 is 0 Å². The van der Waals surface area contributed by atoms with Crippen LogP contribution < -0.4 is 5.32 Å². The molecule has 2 fully saturated rings. The average Bonchev–Trinajstić information content (AvgIpc) is 2.97. The summed E-state index contributed by atoms with van der Waals surface area (Å²) >= 11 is 0. The number of benzene rings is 1. The van der Waals surface area contributed by atoms with Gasteiger partial charge in [-0.3, -0.25) is 0 Å². The molecule has 0 radical (unpaired) electrons. The minimum absolute atomic E-state index is 0.528. The Labute approximate surface area is 113 Å². The predicted octanol–water partition coefficient (Wildman–Crippen LogP) is 3.17. The van der Waals surface area contributed by atoms with Crippen LogP contribution in [0.5, 0.6) is 0 Å². The van der Waals surface area contributed by atoms with Gasteiger partial charge in [0.2, 0.25) is 0 Å². The van der Waals surface area contributed by atoms with E-state index in [9.17, 15) is 0 Å². The second kappa shape index (κ2) is 4.49. The Morgan fingerprint density at radius 1 is 1.16 bits per heavy atom. The lowest BCUT2D eigenvalue weighted by molar-refractivity contribution is 0.646. The quantitative estimate of drug-likeness (QED) is 0.910. The van der Waals surface area contributed by atoms with E-state index in [4.69, 9.17) is 0 Å². The maximum atomic E-state index is 4.51. The molecule has 3 nitrogen and oxygen atoms in total. The molecular weight excluding hydrogens is 234 g/mol. The molecule has 0 spiro atoms. The lowest BCUT2D eigenvalue weighted by Crippen LogP contribution is -2.13. The molecule has 1 aliphatic heterocycles. The van der Waals surface area contributed by atoms with E-state index in [1.807, 2.05) is 6.20 Å². The van der Waals surface area contributed by atoms with Crippen LogP contribution in [0.1, 0.15) is 48.9 Å². The molecule has 3 heteroatoms. The molecule has 1 aromatic carbocycles. The van der Waals surface area contributed by atoms with Crippen LogP contribution in [0.2, 0.25) is 0 Å². The summed E-state index contributed by atoms with van der Waals surface area (Å²) in [7, 11) is 0. The van der Waals surface area contributed by atoms with Gasteiger partial charge in [-0.1, -0.05) is 12.1 Å². The summed E-state index contributed by atoms with van der Waals surface area (Å²) in [6, 6.07) is 11.5. The van der Waals surface area contributed by atoms with Crippen LogP contribution in [0.15, 0.2) is 36.5 Å². The molecule has 2 heterocycles. The molecule has 2 aliphatic rings. The van der Waals surface area contributed by atoms with Gasteiger partial charge in [-0.25, -0.2) is 4.68 Å².